The van der Waals surface area contributed by atoms with Crippen molar-refractivity contribution in [3.05, 3.63) is 16.8 Å². The summed E-state index contributed by atoms with van der Waals surface area (Å²) < 4.78 is 0. The molecule has 0 rings (SSSR count). The van der Waals surface area contributed by atoms with Gasteiger partial charge in [0.2, 0.25) is 0 Å². The maximum atomic E-state index is 10.2. The molecule has 8 N–H and O–H groups in total. The summed E-state index contributed by atoms with van der Waals surface area (Å²) in [6.07, 6.45) is 2.97. The molecule has 31 heavy (non-hydrogen) atoms. The van der Waals surface area contributed by atoms with E-state index in [2.05, 4.69) is 5.32 Å². The summed E-state index contributed by atoms with van der Waals surface area (Å²) in [6.45, 7) is 14.6. The molecule has 3 atom stereocenters. The number of carbonyl (C=O) groups is 2. The summed E-state index contributed by atoms with van der Waals surface area (Å²) in [7, 11) is 0. The normalized spacial score (nSPS) is 12.5. The number of rotatable bonds is 11. The molecule has 0 aromatic heterocycles. The van der Waals surface area contributed by atoms with Gasteiger partial charge >= 0.3 is 11.9 Å². The van der Waals surface area contributed by atoms with Gasteiger partial charge in [-0.15, -0.1) is 0 Å². The number of nitrogens with two attached hydrogens (primary N) is 2. The molecule has 0 spiro atoms. The second kappa shape index (κ2) is 29.4. The number of aliphatic carboxylic acids is 2. The Bertz CT molecular complexity index is 359. The van der Waals surface area contributed by atoms with Gasteiger partial charge in [-0.3, -0.25) is 9.59 Å². The van der Waals surface area contributed by atoms with Gasteiger partial charge < -0.3 is 38.5 Å². The molecular formula is C21H48N5O4Zn-3. The van der Waals surface area contributed by atoms with Crippen molar-refractivity contribution in [3.8, 4) is 0 Å². The van der Waals surface area contributed by atoms with Crippen LogP contribution in [0, 0.1) is 11.8 Å². The minimum atomic E-state index is -0.671. The molecule has 0 heterocycles. The SMILES string of the molecule is CC(N)CN.CC([NH-])C[N-]C(C)C[NH-].CCC(CC)C(=O)O.CCC(CC)C(=O)O.[Zn]. The molecule has 0 amide bonds. The molecule has 0 fully saturated rings. The summed E-state index contributed by atoms with van der Waals surface area (Å²) in [5.74, 6) is -1.60. The predicted molar refractivity (Wildman–Crippen MR) is 127 cm³/mol. The zero-order valence-electron chi connectivity index (χ0n) is 20.9. The van der Waals surface area contributed by atoms with E-state index in [4.69, 9.17) is 33.1 Å². The van der Waals surface area contributed by atoms with Gasteiger partial charge in [0.05, 0.1) is 11.8 Å². The van der Waals surface area contributed by atoms with Crippen LogP contribution in [0.15, 0.2) is 0 Å². The zero-order chi connectivity index (χ0) is 24.7. The molecule has 0 aromatic carbocycles. The Hall–Kier alpha value is -0.637. The average molecular weight is 500 g/mol. The zero-order valence-corrected chi connectivity index (χ0v) is 23.8. The quantitative estimate of drug-likeness (QED) is 0.301. The summed E-state index contributed by atoms with van der Waals surface area (Å²) in [4.78, 5) is 20.3. The number of carboxylic acids is 2. The molecule has 0 aromatic rings. The molecule has 0 radical (unpaired) electrons. The van der Waals surface area contributed by atoms with Crippen molar-refractivity contribution >= 4 is 11.9 Å². The Balaban J connectivity index is -0.0000000976. The topological polar surface area (TPSA) is 188 Å². The minimum absolute atomic E-state index is 0. The van der Waals surface area contributed by atoms with Crippen LogP contribution in [0.1, 0.15) is 74.1 Å². The van der Waals surface area contributed by atoms with Gasteiger partial charge in [-0.2, -0.15) is 25.2 Å². The minimum Gasteiger partial charge on any atom is -0.679 e. The summed E-state index contributed by atoms with van der Waals surface area (Å²) in [6, 6.07) is 0.159. The number of hydrogen-bond acceptors (Lipinski definition) is 4. The molecule has 0 aliphatic rings. The third kappa shape index (κ3) is 37.0. The second-order valence-corrected chi connectivity index (χ2v) is 7.24. The van der Waals surface area contributed by atoms with E-state index >= 15 is 0 Å². The molecular weight excluding hydrogens is 452 g/mol. The van der Waals surface area contributed by atoms with E-state index in [9.17, 15) is 9.59 Å². The van der Waals surface area contributed by atoms with Crippen LogP contribution in [0.5, 0.6) is 0 Å². The molecule has 186 valence electrons. The number of nitrogens with zero attached hydrogens (tertiary/aromatic N) is 1. The van der Waals surface area contributed by atoms with Crippen molar-refractivity contribution in [3.63, 3.8) is 0 Å². The molecule has 0 aliphatic carbocycles. The number of nitrogens with one attached hydrogen (secondary N) is 2. The first-order valence-corrected chi connectivity index (χ1v) is 10.8. The van der Waals surface area contributed by atoms with Gasteiger partial charge in [-0.05, 0) is 32.6 Å². The van der Waals surface area contributed by atoms with Crippen LogP contribution in [0.3, 0.4) is 0 Å². The van der Waals surface area contributed by atoms with E-state index in [-0.39, 0.29) is 49.4 Å². The van der Waals surface area contributed by atoms with Crippen LogP contribution in [-0.4, -0.2) is 59.9 Å². The number of hydrogen-bond donors (Lipinski definition) is 4. The van der Waals surface area contributed by atoms with Crippen molar-refractivity contribution in [2.75, 3.05) is 19.6 Å². The fourth-order valence-electron chi connectivity index (χ4n) is 1.68. The van der Waals surface area contributed by atoms with Crippen LogP contribution in [0.4, 0.5) is 0 Å². The standard InChI is InChI=1S/C6H14N3.2C6H12O2.C3H10N2.Zn/c1-5(8)4-9-6(2)3-7;2*1-3-5(4-2)6(7)8;1-3(5)2-4;/h5-8H,3-4H2,1-2H3;2*5H,3-4H2,1-2H3,(H,7,8);3H,2,4-5H2,1H3;/q-3;;;;. The van der Waals surface area contributed by atoms with Crippen LogP contribution < -0.4 is 11.5 Å². The van der Waals surface area contributed by atoms with Crippen molar-refractivity contribution in [2.45, 2.75) is 92.3 Å². The number of carboxylic acid groups (broad SMARTS) is 2. The fraction of sp³-hybridized carbons (Fsp3) is 0.905. The van der Waals surface area contributed by atoms with Gasteiger partial charge in [-0.1, -0.05) is 41.5 Å². The molecule has 0 saturated heterocycles. The van der Waals surface area contributed by atoms with Crippen LogP contribution in [0.25, 0.3) is 16.8 Å². The molecule has 0 bridgehead atoms. The first-order chi connectivity index (χ1) is 13.9. The predicted octanol–water partition coefficient (Wildman–Crippen LogP) is 4.55. The maximum absolute atomic E-state index is 10.2. The van der Waals surface area contributed by atoms with Gasteiger partial charge in [0.15, 0.2) is 0 Å². The first kappa shape index (κ1) is 40.7. The molecule has 10 heteroatoms. The third-order valence-corrected chi connectivity index (χ3v) is 4.03. The molecule has 3 unspecified atom stereocenters. The molecule has 0 saturated carbocycles. The van der Waals surface area contributed by atoms with Gasteiger partial charge in [0.25, 0.3) is 0 Å². The average Bonchev–Trinajstić information content (AvgIpc) is 2.68. The van der Waals surface area contributed by atoms with E-state index in [1.54, 1.807) is 6.92 Å². The molecule has 9 nitrogen and oxygen atoms in total. The second-order valence-electron chi connectivity index (χ2n) is 7.24. The summed E-state index contributed by atoms with van der Waals surface area (Å²) in [5, 5.41) is 20.8. The van der Waals surface area contributed by atoms with Gasteiger partial charge in [-0.25, -0.2) is 0 Å². The van der Waals surface area contributed by atoms with Crippen molar-refractivity contribution in [1.29, 1.82) is 0 Å². The Labute approximate surface area is 203 Å². The van der Waals surface area contributed by atoms with Gasteiger partial charge in [0.1, 0.15) is 0 Å². The fourth-order valence-corrected chi connectivity index (χ4v) is 1.68. The van der Waals surface area contributed by atoms with E-state index in [0.29, 0.717) is 19.6 Å². The summed E-state index contributed by atoms with van der Waals surface area (Å²) in [5.41, 5.74) is 24.2. The van der Waals surface area contributed by atoms with E-state index in [0.717, 1.165) is 25.7 Å². The van der Waals surface area contributed by atoms with Crippen molar-refractivity contribution in [2.24, 2.45) is 23.3 Å². The Morgan fingerprint density at radius 1 is 0.903 bits per heavy atom. The monoisotopic (exact) mass is 498 g/mol. The van der Waals surface area contributed by atoms with E-state index in [1.165, 1.54) is 0 Å². The molecule has 0 aliphatic heterocycles. The Morgan fingerprint density at radius 2 is 1.19 bits per heavy atom. The van der Waals surface area contributed by atoms with Crippen molar-refractivity contribution in [1.82, 2.24) is 0 Å². The van der Waals surface area contributed by atoms with Crippen LogP contribution in [-0.2, 0) is 29.1 Å². The maximum Gasteiger partial charge on any atom is 0.306 e. The Kier molecular flexibility index (Phi) is 38.5. The first-order valence-electron chi connectivity index (χ1n) is 10.8. The smallest absolute Gasteiger partial charge is 0.306 e. The van der Waals surface area contributed by atoms with Crippen molar-refractivity contribution < 1.29 is 39.3 Å². The summed E-state index contributed by atoms with van der Waals surface area (Å²) >= 11 is 0. The Morgan fingerprint density at radius 3 is 1.29 bits per heavy atom. The largest absolute Gasteiger partial charge is 0.679 e. The van der Waals surface area contributed by atoms with Crippen LogP contribution in [0.2, 0.25) is 0 Å². The third-order valence-electron chi connectivity index (χ3n) is 4.03. The van der Waals surface area contributed by atoms with E-state index < -0.39 is 11.9 Å². The van der Waals surface area contributed by atoms with Gasteiger partial charge in [0, 0.05) is 32.1 Å². The van der Waals surface area contributed by atoms with E-state index in [1.807, 2.05) is 41.5 Å². The van der Waals surface area contributed by atoms with Crippen LogP contribution >= 0.6 is 0 Å².